The highest BCUT2D eigenvalue weighted by molar-refractivity contribution is 5.79. The number of rotatable bonds is 5. The normalized spacial score (nSPS) is 29.4. The Kier molecular flexibility index (Phi) is 5.45. The maximum Gasteiger partial charge on any atom is 0.224 e. The average molecular weight is 253 g/mol. The Labute approximate surface area is 110 Å². The van der Waals surface area contributed by atoms with Crippen molar-refractivity contribution in [1.82, 2.24) is 15.5 Å². The lowest BCUT2D eigenvalue weighted by molar-refractivity contribution is -0.124. The van der Waals surface area contributed by atoms with Crippen LogP contribution in [0.3, 0.4) is 0 Å². The number of piperidine rings is 1. The first kappa shape index (κ1) is 13.8. The topological polar surface area (TPSA) is 44.4 Å². The summed E-state index contributed by atoms with van der Waals surface area (Å²) in [7, 11) is 0. The SMILES string of the molecule is CCC1CCCCN1CCNC(=O)C1CCNC1. The van der Waals surface area contributed by atoms with E-state index in [0.717, 1.165) is 38.6 Å². The first-order valence-electron chi connectivity index (χ1n) is 7.53. The molecule has 0 aromatic carbocycles. The van der Waals surface area contributed by atoms with E-state index in [1.54, 1.807) is 0 Å². The summed E-state index contributed by atoms with van der Waals surface area (Å²) in [6, 6.07) is 0.740. The molecule has 2 N–H and O–H groups in total. The van der Waals surface area contributed by atoms with E-state index in [1.807, 2.05) is 0 Å². The monoisotopic (exact) mass is 253 g/mol. The Bertz CT molecular complexity index is 264. The zero-order valence-electron chi connectivity index (χ0n) is 11.6. The lowest BCUT2D eigenvalue weighted by atomic mass is 10.0. The molecule has 2 unspecified atom stereocenters. The first-order valence-corrected chi connectivity index (χ1v) is 7.53. The van der Waals surface area contributed by atoms with E-state index in [9.17, 15) is 4.79 Å². The van der Waals surface area contributed by atoms with Crippen LogP contribution < -0.4 is 10.6 Å². The summed E-state index contributed by atoms with van der Waals surface area (Å²) in [4.78, 5) is 14.4. The largest absolute Gasteiger partial charge is 0.355 e. The molecule has 1 amide bonds. The molecule has 2 atom stereocenters. The summed E-state index contributed by atoms with van der Waals surface area (Å²) >= 11 is 0. The molecule has 2 rings (SSSR count). The smallest absolute Gasteiger partial charge is 0.224 e. The van der Waals surface area contributed by atoms with Gasteiger partial charge in [0, 0.05) is 25.7 Å². The molecule has 2 aliphatic rings. The van der Waals surface area contributed by atoms with E-state index >= 15 is 0 Å². The van der Waals surface area contributed by atoms with Crippen molar-refractivity contribution in [3.63, 3.8) is 0 Å². The van der Waals surface area contributed by atoms with E-state index in [0.29, 0.717) is 0 Å². The van der Waals surface area contributed by atoms with Crippen LogP contribution in [0.1, 0.15) is 39.0 Å². The second-order valence-electron chi connectivity index (χ2n) is 5.57. The number of carbonyl (C=O) groups excluding carboxylic acids is 1. The van der Waals surface area contributed by atoms with Crippen molar-refractivity contribution in [2.45, 2.75) is 45.1 Å². The molecule has 0 spiro atoms. The molecule has 2 fully saturated rings. The minimum absolute atomic E-state index is 0.202. The highest BCUT2D eigenvalue weighted by Crippen LogP contribution is 2.18. The Morgan fingerprint density at radius 2 is 2.28 bits per heavy atom. The van der Waals surface area contributed by atoms with Gasteiger partial charge in [-0.3, -0.25) is 9.69 Å². The molecule has 0 radical (unpaired) electrons. The molecule has 0 aromatic heterocycles. The van der Waals surface area contributed by atoms with Gasteiger partial charge in [-0.05, 0) is 38.8 Å². The molecular weight excluding hydrogens is 226 g/mol. The third-order valence-corrected chi connectivity index (χ3v) is 4.35. The summed E-state index contributed by atoms with van der Waals surface area (Å²) in [5, 5.41) is 6.33. The molecule has 0 saturated carbocycles. The van der Waals surface area contributed by atoms with Gasteiger partial charge in [0.1, 0.15) is 0 Å². The second-order valence-corrected chi connectivity index (χ2v) is 5.57. The summed E-state index contributed by atoms with van der Waals surface area (Å²) < 4.78 is 0. The van der Waals surface area contributed by atoms with E-state index in [4.69, 9.17) is 0 Å². The van der Waals surface area contributed by atoms with Crippen molar-refractivity contribution < 1.29 is 4.79 Å². The quantitative estimate of drug-likeness (QED) is 0.767. The molecule has 18 heavy (non-hydrogen) atoms. The van der Waals surface area contributed by atoms with Gasteiger partial charge in [-0.2, -0.15) is 0 Å². The third kappa shape index (κ3) is 3.69. The van der Waals surface area contributed by atoms with Crippen LogP contribution >= 0.6 is 0 Å². The molecule has 4 nitrogen and oxygen atoms in total. The van der Waals surface area contributed by atoms with Gasteiger partial charge >= 0.3 is 0 Å². The van der Waals surface area contributed by atoms with Crippen LogP contribution in [0.4, 0.5) is 0 Å². The molecule has 2 aliphatic heterocycles. The van der Waals surface area contributed by atoms with Gasteiger partial charge in [-0.15, -0.1) is 0 Å². The fourth-order valence-electron chi connectivity index (χ4n) is 3.16. The van der Waals surface area contributed by atoms with E-state index < -0.39 is 0 Å². The fourth-order valence-corrected chi connectivity index (χ4v) is 3.16. The number of likely N-dealkylation sites (tertiary alicyclic amines) is 1. The van der Waals surface area contributed by atoms with Crippen molar-refractivity contribution in [3.8, 4) is 0 Å². The lowest BCUT2D eigenvalue weighted by Crippen LogP contribution is -2.44. The second kappa shape index (κ2) is 7.10. The lowest BCUT2D eigenvalue weighted by Gasteiger charge is -2.35. The fraction of sp³-hybridized carbons (Fsp3) is 0.929. The minimum Gasteiger partial charge on any atom is -0.355 e. The van der Waals surface area contributed by atoms with Crippen molar-refractivity contribution in [1.29, 1.82) is 0 Å². The molecular formula is C14H27N3O. The Hall–Kier alpha value is -0.610. The highest BCUT2D eigenvalue weighted by atomic mass is 16.1. The molecule has 0 bridgehead atoms. The Morgan fingerprint density at radius 1 is 1.39 bits per heavy atom. The molecule has 4 heteroatoms. The zero-order valence-corrected chi connectivity index (χ0v) is 11.6. The number of carbonyl (C=O) groups is 1. The predicted octanol–water partition coefficient (Wildman–Crippen LogP) is 0.977. The van der Waals surface area contributed by atoms with Gasteiger partial charge in [0.25, 0.3) is 0 Å². The van der Waals surface area contributed by atoms with Crippen LogP contribution in [-0.4, -0.2) is 49.6 Å². The van der Waals surface area contributed by atoms with Gasteiger partial charge in [0.2, 0.25) is 5.91 Å². The van der Waals surface area contributed by atoms with Crippen LogP contribution in [0.25, 0.3) is 0 Å². The van der Waals surface area contributed by atoms with E-state index in [1.165, 1.54) is 32.2 Å². The number of nitrogens with zero attached hydrogens (tertiary/aromatic N) is 1. The van der Waals surface area contributed by atoms with Crippen molar-refractivity contribution in [2.75, 3.05) is 32.7 Å². The summed E-state index contributed by atoms with van der Waals surface area (Å²) in [6.45, 7) is 7.15. The minimum atomic E-state index is 0.202. The van der Waals surface area contributed by atoms with Gasteiger partial charge in [0.15, 0.2) is 0 Å². The first-order chi connectivity index (χ1) is 8.81. The van der Waals surface area contributed by atoms with Gasteiger partial charge in [0.05, 0.1) is 5.92 Å². The summed E-state index contributed by atoms with van der Waals surface area (Å²) in [5.41, 5.74) is 0. The predicted molar refractivity (Wildman–Crippen MR) is 73.5 cm³/mol. The molecule has 104 valence electrons. The molecule has 0 aliphatic carbocycles. The highest BCUT2D eigenvalue weighted by Gasteiger charge is 2.23. The Balaban J connectivity index is 1.65. The number of hydrogen-bond donors (Lipinski definition) is 2. The third-order valence-electron chi connectivity index (χ3n) is 4.35. The zero-order chi connectivity index (χ0) is 12.8. The summed E-state index contributed by atoms with van der Waals surface area (Å²) in [6.07, 6.45) is 6.25. The van der Waals surface area contributed by atoms with Gasteiger partial charge < -0.3 is 10.6 Å². The molecule has 0 aromatic rings. The Morgan fingerprint density at radius 3 is 3.00 bits per heavy atom. The van der Waals surface area contributed by atoms with Crippen molar-refractivity contribution in [3.05, 3.63) is 0 Å². The van der Waals surface area contributed by atoms with Crippen LogP contribution in [0.5, 0.6) is 0 Å². The van der Waals surface area contributed by atoms with Crippen LogP contribution in [0.15, 0.2) is 0 Å². The average Bonchev–Trinajstić information content (AvgIpc) is 2.93. The van der Waals surface area contributed by atoms with Crippen molar-refractivity contribution >= 4 is 5.91 Å². The molecule has 2 heterocycles. The number of amides is 1. The van der Waals surface area contributed by atoms with E-state index in [-0.39, 0.29) is 11.8 Å². The van der Waals surface area contributed by atoms with Crippen LogP contribution in [0, 0.1) is 5.92 Å². The van der Waals surface area contributed by atoms with Gasteiger partial charge in [-0.25, -0.2) is 0 Å². The van der Waals surface area contributed by atoms with E-state index in [2.05, 4.69) is 22.5 Å². The maximum absolute atomic E-state index is 11.9. The standard InChI is InChI=1S/C14H27N3O/c1-2-13-5-3-4-9-17(13)10-8-16-14(18)12-6-7-15-11-12/h12-13,15H,2-11H2,1H3,(H,16,18). The van der Waals surface area contributed by atoms with Crippen LogP contribution in [-0.2, 0) is 4.79 Å². The number of hydrogen-bond acceptors (Lipinski definition) is 3. The summed E-state index contributed by atoms with van der Waals surface area (Å²) in [5.74, 6) is 0.443. The van der Waals surface area contributed by atoms with Crippen molar-refractivity contribution in [2.24, 2.45) is 5.92 Å². The van der Waals surface area contributed by atoms with Crippen LogP contribution in [0.2, 0.25) is 0 Å². The van der Waals surface area contributed by atoms with Gasteiger partial charge in [-0.1, -0.05) is 13.3 Å². The number of nitrogens with one attached hydrogen (secondary N) is 2. The molecule has 2 saturated heterocycles. The maximum atomic E-state index is 11.9.